The van der Waals surface area contributed by atoms with Crippen molar-refractivity contribution < 1.29 is 9.72 Å². The molecule has 3 rings (SSSR count). The highest BCUT2D eigenvalue weighted by Crippen LogP contribution is 2.24. The Labute approximate surface area is 139 Å². The number of anilines is 1. The summed E-state index contributed by atoms with van der Waals surface area (Å²) in [6.45, 7) is 5.58. The predicted molar refractivity (Wildman–Crippen MR) is 90.3 cm³/mol. The van der Waals surface area contributed by atoms with E-state index >= 15 is 0 Å². The molecule has 0 spiro atoms. The molecule has 24 heavy (non-hydrogen) atoms. The quantitative estimate of drug-likeness (QED) is 0.618. The lowest BCUT2D eigenvalue weighted by Crippen LogP contribution is -2.57. The summed E-state index contributed by atoms with van der Waals surface area (Å²) in [6, 6.07) is 3.16. The first-order chi connectivity index (χ1) is 11.4. The van der Waals surface area contributed by atoms with Gasteiger partial charge in [0.2, 0.25) is 0 Å². The highest BCUT2D eigenvalue weighted by molar-refractivity contribution is 5.94. The summed E-state index contributed by atoms with van der Waals surface area (Å²) in [7, 11) is 0. The van der Waals surface area contributed by atoms with E-state index in [4.69, 9.17) is 0 Å². The van der Waals surface area contributed by atoms with Gasteiger partial charge in [-0.1, -0.05) is 0 Å². The second kappa shape index (κ2) is 6.03. The van der Waals surface area contributed by atoms with Crippen LogP contribution in [0.3, 0.4) is 0 Å². The van der Waals surface area contributed by atoms with Gasteiger partial charge in [-0.25, -0.2) is 4.98 Å². The highest BCUT2D eigenvalue weighted by Gasteiger charge is 2.38. The van der Waals surface area contributed by atoms with Crippen LogP contribution in [0.1, 0.15) is 13.8 Å². The SMILES string of the molecule is CC1CN(C(=O)C2(C)C=CC=N2)CCN1c1ccc([N+](=O)[O-])cn1. The Morgan fingerprint density at radius 1 is 1.42 bits per heavy atom. The van der Waals surface area contributed by atoms with Gasteiger partial charge in [-0.15, -0.1) is 0 Å². The topological polar surface area (TPSA) is 91.9 Å². The van der Waals surface area contributed by atoms with Gasteiger partial charge in [0.25, 0.3) is 11.6 Å². The first kappa shape index (κ1) is 16.1. The van der Waals surface area contributed by atoms with Gasteiger partial charge in [0.05, 0.1) is 4.92 Å². The Morgan fingerprint density at radius 3 is 2.75 bits per heavy atom. The third kappa shape index (κ3) is 2.86. The molecule has 126 valence electrons. The van der Waals surface area contributed by atoms with E-state index in [1.54, 1.807) is 18.4 Å². The number of nitrogens with zero attached hydrogens (tertiary/aromatic N) is 5. The molecule has 0 aromatic carbocycles. The second-order valence-electron chi connectivity index (χ2n) is 6.21. The molecule has 3 heterocycles. The molecule has 0 N–H and O–H groups in total. The fourth-order valence-corrected chi connectivity index (χ4v) is 3.06. The lowest BCUT2D eigenvalue weighted by Gasteiger charge is -2.42. The molecule has 8 heteroatoms. The standard InChI is InChI=1S/C16H19N5O3/c1-12-11-19(15(22)16(2)6-3-7-18-16)8-9-20(12)14-5-4-13(10-17-14)21(23)24/h3-7,10,12H,8-9,11H2,1-2H3. The minimum Gasteiger partial charge on any atom is -0.350 e. The van der Waals surface area contributed by atoms with Gasteiger partial charge in [0, 0.05) is 38.0 Å². The number of hydrogen-bond acceptors (Lipinski definition) is 6. The van der Waals surface area contributed by atoms with E-state index in [1.807, 2.05) is 24.8 Å². The van der Waals surface area contributed by atoms with Gasteiger partial charge in [-0.3, -0.25) is 19.9 Å². The Hall–Kier alpha value is -2.77. The number of amides is 1. The van der Waals surface area contributed by atoms with Crippen LogP contribution in [0.25, 0.3) is 0 Å². The maximum absolute atomic E-state index is 12.7. The Kier molecular flexibility index (Phi) is 4.04. The molecule has 2 aliphatic rings. The molecule has 1 aromatic rings. The normalized spacial score (nSPS) is 26.0. The smallest absolute Gasteiger partial charge is 0.287 e. The average Bonchev–Trinajstić information content (AvgIpc) is 3.02. The fourth-order valence-electron chi connectivity index (χ4n) is 3.06. The number of aromatic nitrogens is 1. The van der Waals surface area contributed by atoms with Gasteiger partial charge in [-0.2, -0.15) is 0 Å². The second-order valence-corrected chi connectivity index (χ2v) is 6.21. The van der Waals surface area contributed by atoms with Crippen molar-refractivity contribution >= 4 is 23.6 Å². The zero-order valence-electron chi connectivity index (χ0n) is 13.6. The van der Waals surface area contributed by atoms with Crippen LogP contribution in [0.15, 0.2) is 35.5 Å². The minimum absolute atomic E-state index is 0.00402. The average molecular weight is 329 g/mol. The van der Waals surface area contributed by atoms with E-state index in [0.29, 0.717) is 25.5 Å². The van der Waals surface area contributed by atoms with Gasteiger partial charge >= 0.3 is 0 Å². The minimum atomic E-state index is -0.798. The van der Waals surface area contributed by atoms with Crippen molar-refractivity contribution in [2.24, 2.45) is 4.99 Å². The monoisotopic (exact) mass is 329 g/mol. The molecule has 1 saturated heterocycles. The molecule has 0 radical (unpaired) electrons. The van der Waals surface area contributed by atoms with Crippen molar-refractivity contribution in [3.63, 3.8) is 0 Å². The molecule has 1 aromatic heterocycles. The summed E-state index contributed by atoms with van der Waals surface area (Å²) in [5.41, 5.74) is -0.827. The maximum atomic E-state index is 12.7. The maximum Gasteiger partial charge on any atom is 0.287 e. The summed E-state index contributed by atoms with van der Waals surface area (Å²) in [4.78, 5) is 35.2. The van der Waals surface area contributed by atoms with E-state index in [9.17, 15) is 14.9 Å². The number of carbonyl (C=O) groups excluding carboxylic acids is 1. The zero-order chi connectivity index (χ0) is 17.3. The predicted octanol–water partition coefficient (Wildman–Crippen LogP) is 1.43. The molecule has 1 amide bonds. The lowest BCUT2D eigenvalue weighted by molar-refractivity contribution is -0.385. The first-order valence-corrected chi connectivity index (χ1v) is 7.80. The van der Waals surface area contributed by atoms with Crippen LogP contribution in [-0.2, 0) is 4.79 Å². The lowest BCUT2D eigenvalue weighted by atomic mass is 10.0. The van der Waals surface area contributed by atoms with E-state index in [2.05, 4.69) is 14.9 Å². The molecule has 0 saturated carbocycles. The van der Waals surface area contributed by atoms with Gasteiger partial charge in [0.15, 0.2) is 5.54 Å². The third-order valence-electron chi connectivity index (χ3n) is 4.43. The Balaban J connectivity index is 1.69. The molecule has 1 fully saturated rings. The first-order valence-electron chi connectivity index (χ1n) is 7.80. The number of rotatable bonds is 3. The summed E-state index contributed by atoms with van der Waals surface area (Å²) in [6.07, 6.45) is 6.51. The summed E-state index contributed by atoms with van der Waals surface area (Å²) < 4.78 is 0. The van der Waals surface area contributed by atoms with Crippen molar-refractivity contribution in [2.45, 2.75) is 25.4 Å². The van der Waals surface area contributed by atoms with Crippen LogP contribution >= 0.6 is 0 Å². The van der Waals surface area contributed by atoms with Crippen molar-refractivity contribution in [1.29, 1.82) is 0 Å². The summed E-state index contributed by atoms with van der Waals surface area (Å²) >= 11 is 0. The van der Waals surface area contributed by atoms with E-state index in [0.717, 1.165) is 0 Å². The van der Waals surface area contributed by atoms with Gasteiger partial charge in [0.1, 0.15) is 12.0 Å². The molecule has 0 aliphatic carbocycles. The number of aliphatic imine (C=N–C) groups is 1. The van der Waals surface area contributed by atoms with Crippen molar-refractivity contribution in [2.75, 3.05) is 24.5 Å². The van der Waals surface area contributed by atoms with Crippen molar-refractivity contribution in [3.8, 4) is 0 Å². The van der Waals surface area contributed by atoms with Crippen LogP contribution < -0.4 is 4.90 Å². The molecular weight excluding hydrogens is 310 g/mol. The van der Waals surface area contributed by atoms with Gasteiger partial charge in [-0.05, 0) is 32.1 Å². The molecular formula is C16H19N5O3. The third-order valence-corrected chi connectivity index (χ3v) is 4.43. The highest BCUT2D eigenvalue weighted by atomic mass is 16.6. The number of hydrogen-bond donors (Lipinski definition) is 0. The summed E-state index contributed by atoms with van der Waals surface area (Å²) in [5.74, 6) is 0.681. The van der Waals surface area contributed by atoms with Crippen molar-refractivity contribution in [3.05, 3.63) is 40.6 Å². The number of piperazine rings is 1. The van der Waals surface area contributed by atoms with Gasteiger partial charge < -0.3 is 9.80 Å². The number of carbonyl (C=O) groups is 1. The zero-order valence-corrected chi connectivity index (χ0v) is 13.6. The van der Waals surface area contributed by atoms with Crippen LogP contribution in [-0.4, -0.2) is 58.1 Å². The molecule has 2 unspecified atom stereocenters. The van der Waals surface area contributed by atoms with Crippen LogP contribution in [0.2, 0.25) is 0 Å². The number of allylic oxidation sites excluding steroid dienone is 1. The van der Waals surface area contributed by atoms with Crippen LogP contribution in [0, 0.1) is 10.1 Å². The molecule has 2 atom stereocenters. The molecule has 8 nitrogen and oxygen atoms in total. The number of nitro groups is 1. The van der Waals surface area contributed by atoms with Crippen molar-refractivity contribution in [1.82, 2.24) is 9.88 Å². The summed E-state index contributed by atoms with van der Waals surface area (Å²) in [5, 5.41) is 10.7. The Morgan fingerprint density at radius 2 is 2.21 bits per heavy atom. The molecule has 2 aliphatic heterocycles. The van der Waals surface area contributed by atoms with E-state index in [-0.39, 0.29) is 17.6 Å². The van der Waals surface area contributed by atoms with E-state index < -0.39 is 10.5 Å². The van der Waals surface area contributed by atoms with Crippen LogP contribution in [0.5, 0.6) is 0 Å². The number of pyridine rings is 1. The molecule has 0 bridgehead atoms. The Bertz CT molecular complexity index is 701. The fraction of sp³-hybridized carbons (Fsp3) is 0.438. The van der Waals surface area contributed by atoms with Crippen LogP contribution in [0.4, 0.5) is 11.5 Å². The largest absolute Gasteiger partial charge is 0.350 e. The van der Waals surface area contributed by atoms with E-state index in [1.165, 1.54) is 12.3 Å².